The second-order valence-corrected chi connectivity index (χ2v) is 5.65. The third kappa shape index (κ3) is 3.45. The lowest BCUT2D eigenvalue weighted by Gasteiger charge is -2.21. The van der Waals surface area contributed by atoms with Gasteiger partial charge >= 0.3 is 7.82 Å². The van der Waals surface area contributed by atoms with Crippen LogP contribution in [-0.2, 0) is 18.1 Å². The highest BCUT2D eigenvalue weighted by atomic mass is 31.2. The van der Waals surface area contributed by atoms with Gasteiger partial charge in [-0.2, -0.15) is 0 Å². The number of aliphatic hydroxyl groups excluding tert-OH is 1. The van der Waals surface area contributed by atoms with Crippen molar-refractivity contribution < 1.29 is 23.2 Å². The van der Waals surface area contributed by atoms with Crippen LogP contribution in [0.15, 0.2) is 24.5 Å². The third-order valence-corrected chi connectivity index (χ3v) is 4.29. The average molecular weight is 276 g/mol. The number of aliphatic hydroxyl groups is 1. The smallest absolute Gasteiger partial charge is 0.408 e. The molecule has 0 aromatic heterocycles. The van der Waals surface area contributed by atoms with E-state index >= 15 is 0 Å². The van der Waals surface area contributed by atoms with Gasteiger partial charge in [-0.25, -0.2) is 4.57 Å². The highest BCUT2D eigenvalue weighted by Crippen LogP contribution is 2.53. The molecule has 18 heavy (non-hydrogen) atoms. The molecule has 1 aliphatic carbocycles. The Hall–Kier alpha value is -0.610. The van der Waals surface area contributed by atoms with Crippen molar-refractivity contribution in [3.05, 3.63) is 24.5 Å². The molecular weight excluding hydrogens is 255 g/mol. The molecule has 0 saturated heterocycles. The summed E-state index contributed by atoms with van der Waals surface area (Å²) in [7, 11) is -3.60. The summed E-state index contributed by atoms with van der Waals surface area (Å²) >= 11 is 0. The van der Waals surface area contributed by atoms with Gasteiger partial charge in [0.25, 0.3) is 0 Å². The molecule has 0 fully saturated rings. The molecule has 0 radical (unpaired) electrons. The zero-order valence-corrected chi connectivity index (χ0v) is 11.9. The van der Waals surface area contributed by atoms with E-state index in [0.717, 1.165) is 0 Å². The fourth-order valence-electron chi connectivity index (χ4n) is 1.85. The highest BCUT2D eigenvalue weighted by Gasteiger charge is 2.38. The summed E-state index contributed by atoms with van der Waals surface area (Å²) in [6.45, 7) is 9.36. The second-order valence-electron chi connectivity index (χ2n) is 4.05. The monoisotopic (exact) mass is 276 g/mol. The Morgan fingerprint density at radius 3 is 2.44 bits per heavy atom. The molecule has 6 heteroatoms. The third-order valence-electron chi connectivity index (χ3n) is 2.71. The average Bonchev–Trinajstić information content (AvgIpc) is 2.54. The van der Waals surface area contributed by atoms with E-state index in [1.165, 1.54) is 0 Å². The Bertz CT molecular complexity index is 355. The molecule has 0 aromatic carbocycles. The molecule has 0 aliphatic heterocycles. The topological polar surface area (TPSA) is 65.0 Å². The van der Waals surface area contributed by atoms with Crippen LogP contribution in [0.5, 0.6) is 0 Å². The fraction of sp³-hybridized carbons (Fsp3) is 0.667. The van der Waals surface area contributed by atoms with Crippen molar-refractivity contribution in [2.24, 2.45) is 11.8 Å². The molecule has 5 nitrogen and oxygen atoms in total. The van der Waals surface area contributed by atoms with Gasteiger partial charge in [-0.15, -0.1) is 6.58 Å². The van der Waals surface area contributed by atoms with E-state index in [4.69, 9.17) is 13.6 Å². The molecule has 0 spiro atoms. The Balaban J connectivity index is 2.84. The summed E-state index contributed by atoms with van der Waals surface area (Å²) in [6.07, 6.45) is 2.68. The predicted molar refractivity (Wildman–Crippen MR) is 68.9 cm³/mol. The Morgan fingerprint density at radius 1 is 1.44 bits per heavy atom. The first kappa shape index (κ1) is 15.4. The molecule has 1 rings (SSSR count). The van der Waals surface area contributed by atoms with Crippen molar-refractivity contribution in [3.63, 3.8) is 0 Å². The molecule has 0 unspecified atom stereocenters. The molecule has 1 N–H and O–H groups in total. The van der Waals surface area contributed by atoms with E-state index < -0.39 is 13.9 Å². The fourth-order valence-corrected chi connectivity index (χ4v) is 3.10. The lowest BCUT2D eigenvalue weighted by Crippen LogP contribution is -2.20. The van der Waals surface area contributed by atoms with Crippen LogP contribution in [0.2, 0.25) is 0 Å². The first-order valence-corrected chi connectivity index (χ1v) is 7.54. The number of phosphoric acid groups is 1. The van der Waals surface area contributed by atoms with E-state index in [-0.39, 0.29) is 25.0 Å². The van der Waals surface area contributed by atoms with E-state index in [1.807, 2.05) is 6.92 Å². The van der Waals surface area contributed by atoms with Crippen LogP contribution in [0.1, 0.15) is 20.8 Å². The van der Waals surface area contributed by atoms with Crippen molar-refractivity contribution in [1.82, 2.24) is 0 Å². The highest BCUT2D eigenvalue weighted by molar-refractivity contribution is 7.48. The van der Waals surface area contributed by atoms with Crippen LogP contribution in [0.3, 0.4) is 0 Å². The molecule has 1 aliphatic rings. The number of phosphoric ester groups is 1. The summed E-state index contributed by atoms with van der Waals surface area (Å²) in [5.41, 5.74) is 0. The minimum absolute atomic E-state index is 0.0836. The van der Waals surface area contributed by atoms with Gasteiger partial charge in [0.15, 0.2) is 0 Å². The van der Waals surface area contributed by atoms with Crippen molar-refractivity contribution in [2.75, 3.05) is 13.2 Å². The lowest BCUT2D eigenvalue weighted by atomic mass is 10.0. The molecule has 3 atom stereocenters. The summed E-state index contributed by atoms with van der Waals surface area (Å²) in [5.74, 6) is -0.0656. The van der Waals surface area contributed by atoms with Crippen molar-refractivity contribution >= 4 is 7.82 Å². The maximum atomic E-state index is 12.2. The molecule has 0 amide bonds. The van der Waals surface area contributed by atoms with E-state index in [9.17, 15) is 9.67 Å². The molecular formula is C12H21O5P. The first-order chi connectivity index (χ1) is 8.47. The summed E-state index contributed by atoms with van der Waals surface area (Å²) in [5, 5.41) is 9.91. The van der Waals surface area contributed by atoms with Gasteiger partial charge in [0.2, 0.25) is 0 Å². The van der Waals surface area contributed by atoms with Crippen molar-refractivity contribution in [2.45, 2.75) is 26.9 Å². The second kappa shape index (κ2) is 6.53. The molecule has 0 aromatic rings. The van der Waals surface area contributed by atoms with Gasteiger partial charge in [0.1, 0.15) is 5.76 Å². The zero-order valence-electron chi connectivity index (χ0n) is 11.0. The Morgan fingerprint density at radius 2 is 2.00 bits per heavy atom. The summed E-state index contributed by atoms with van der Waals surface area (Å²) in [4.78, 5) is 0. The van der Waals surface area contributed by atoms with Crippen LogP contribution in [0.25, 0.3) is 0 Å². The zero-order chi connectivity index (χ0) is 13.8. The molecule has 0 bridgehead atoms. The van der Waals surface area contributed by atoms with E-state index in [1.54, 1.807) is 26.0 Å². The van der Waals surface area contributed by atoms with Gasteiger partial charge in [-0.3, -0.25) is 9.05 Å². The molecule has 0 saturated carbocycles. The SMILES string of the molecule is C=C[C@H]1C(OP(=O)(OCC)OCC)=C[C@@H](C)[C@@H]1O. The standard InChI is InChI=1S/C12H21O5P/c1-5-10-11(8-9(4)12(10)13)17-18(14,15-6-2)16-7-3/h5,8-10,12-13H,1,6-7H2,2-4H3/t9-,10+,12+/m1/s1. The summed E-state index contributed by atoms with van der Waals surface area (Å²) < 4.78 is 27.7. The van der Waals surface area contributed by atoms with Crippen LogP contribution >= 0.6 is 7.82 Å². The lowest BCUT2D eigenvalue weighted by molar-refractivity contribution is 0.100. The van der Waals surface area contributed by atoms with Crippen molar-refractivity contribution in [1.29, 1.82) is 0 Å². The van der Waals surface area contributed by atoms with Crippen LogP contribution < -0.4 is 0 Å². The summed E-state index contributed by atoms with van der Waals surface area (Å²) in [6, 6.07) is 0. The van der Waals surface area contributed by atoms with Gasteiger partial charge in [-0.05, 0) is 19.9 Å². The van der Waals surface area contributed by atoms with Gasteiger partial charge in [-0.1, -0.05) is 13.0 Å². The van der Waals surface area contributed by atoms with Crippen LogP contribution in [0, 0.1) is 11.8 Å². The van der Waals surface area contributed by atoms with Gasteiger partial charge in [0, 0.05) is 5.92 Å². The largest absolute Gasteiger partial charge is 0.529 e. The van der Waals surface area contributed by atoms with E-state index in [2.05, 4.69) is 6.58 Å². The Kier molecular flexibility index (Phi) is 5.60. The Labute approximate surface area is 108 Å². The number of hydrogen-bond acceptors (Lipinski definition) is 5. The normalized spacial score (nSPS) is 28.0. The van der Waals surface area contributed by atoms with Crippen molar-refractivity contribution in [3.8, 4) is 0 Å². The minimum Gasteiger partial charge on any atom is -0.408 e. The van der Waals surface area contributed by atoms with Gasteiger partial charge in [0.05, 0.1) is 25.2 Å². The minimum atomic E-state index is -3.60. The van der Waals surface area contributed by atoms with Gasteiger partial charge < -0.3 is 9.63 Å². The first-order valence-electron chi connectivity index (χ1n) is 6.08. The maximum absolute atomic E-state index is 12.2. The maximum Gasteiger partial charge on any atom is 0.529 e. The van der Waals surface area contributed by atoms with Crippen LogP contribution in [-0.4, -0.2) is 24.4 Å². The molecule has 0 heterocycles. The molecule has 104 valence electrons. The number of hydrogen-bond donors (Lipinski definition) is 1. The van der Waals surface area contributed by atoms with Crippen LogP contribution in [0.4, 0.5) is 0 Å². The number of rotatable bonds is 7. The van der Waals surface area contributed by atoms with E-state index in [0.29, 0.717) is 5.76 Å². The quantitative estimate of drug-likeness (QED) is 0.572. The predicted octanol–water partition coefficient (Wildman–Crippen LogP) is 2.88.